The van der Waals surface area contributed by atoms with E-state index in [1.807, 2.05) is 24.3 Å². The van der Waals surface area contributed by atoms with Gasteiger partial charge in [0.15, 0.2) is 11.2 Å². The number of anilines is 2. The number of benzene rings is 2. The van der Waals surface area contributed by atoms with Crippen molar-refractivity contribution in [3.8, 4) is 17.0 Å². The lowest BCUT2D eigenvalue weighted by atomic mass is 10.1. The van der Waals surface area contributed by atoms with E-state index in [-0.39, 0.29) is 17.5 Å². The number of carbonyl (C=O) groups excluding carboxylic acids is 3. The molecule has 1 aliphatic rings. The number of primary amides is 1. The number of hydrogen-bond acceptors (Lipinski definition) is 6. The van der Waals surface area contributed by atoms with Gasteiger partial charge in [-0.25, -0.2) is 4.98 Å². The molecule has 1 unspecified atom stereocenters. The third-order valence-electron chi connectivity index (χ3n) is 5.30. The molecule has 0 saturated carbocycles. The number of nitrogens with two attached hydrogens (primary N) is 1. The SMILES string of the molecule is NC(=O)c1cc(-c2csc(NC(=O)c3cccc(NC(=O)C4Cc5ccccc5O4)c3)n2)c[nH]1. The topological polar surface area (TPSA) is 139 Å². The van der Waals surface area contributed by atoms with Crippen LogP contribution in [0.15, 0.2) is 66.2 Å². The molecule has 0 fully saturated rings. The summed E-state index contributed by atoms with van der Waals surface area (Å²) in [5.41, 5.74) is 8.67. The van der Waals surface area contributed by atoms with Crippen LogP contribution < -0.4 is 21.1 Å². The molecule has 0 bridgehead atoms. The fraction of sp³-hybridized carbons (Fsp3) is 0.0833. The molecule has 34 heavy (non-hydrogen) atoms. The summed E-state index contributed by atoms with van der Waals surface area (Å²) in [5, 5.41) is 7.73. The second-order valence-electron chi connectivity index (χ2n) is 7.65. The van der Waals surface area contributed by atoms with E-state index in [9.17, 15) is 14.4 Å². The Morgan fingerprint density at radius 2 is 1.94 bits per heavy atom. The molecule has 5 N–H and O–H groups in total. The first-order valence-electron chi connectivity index (χ1n) is 10.4. The van der Waals surface area contributed by atoms with Crippen molar-refractivity contribution in [2.75, 3.05) is 10.6 Å². The van der Waals surface area contributed by atoms with Crippen LogP contribution in [0.2, 0.25) is 0 Å². The van der Waals surface area contributed by atoms with Crippen LogP contribution >= 0.6 is 11.3 Å². The summed E-state index contributed by atoms with van der Waals surface area (Å²) in [6, 6.07) is 15.8. The van der Waals surface area contributed by atoms with E-state index in [4.69, 9.17) is 10.5 Å². The number of H-pyrrole nitrogens is 1. The van der Waals surface area contributed by atoms with Gasteiger partial charge in [-0.2, -0.15) is 0 Å². The monoisotopic (exact) mass is 473 g/mol. The lowest BCUT2D eigenvalue weighted by Gasteiger charge is -2.12. The van der Waals surface area contributed by atoms with E-state index in [1.165, 1.54) is 11.3 Å². The molecule has 9 nitrogen and oxygen atoms in total. The van der Waals surface area contributed by atoms with E-state index in [0.717, 1.165) is 5.56 Å². The Hall–Kier alpha value is -4.44. The molecule has 170 valence electrons. The van der Waals surface area contributed by atoms with Crippen molar-refractivity contribution in [2.24, 2.45) is 5.73 Å². The number of carbonyl (C=O) groups is 3. The number of fused-ring (bicyclic) bond motifs is 1. The average molecular weight is 474 g/mol. The quantitative estimate of drug-likeness (QED) is 0.340. The Morgan fingerprint density at radius 3 is 2.74 bits per heavy atom. The molecule has 10 heteroatoms. The highest BCUT2D eigenvalue weighted by molar-refractivity contribution is 7.14. The molecule has 1 aliphatic heterocycles. The fourth-order valence-corrected chi connectivity index (χ4v) is 4.32. The van der Waals surface area contributed by atoms with Crippen LogP contribution in [-0.4, -0.2) is 33.8 Å². The highest BCUT2D eigenvalue weighted by atomic mass is 32.1. The van der Waals surface area contributed by atoms with Crippen molar-refractivity contribution >= 4 is 39.9 Å². The third-order valence-corrected chi connectivity index (χ3v) is 6.06. The van der Waals surface area contributed by atoms with Crippen LogP contribution in [0.4, 0.5) is 10.8 Å². The molecule has 4 aromatic rings. The van der Waals surface area contributed by atoms with Crippen molar-refractivity contribution < 1.29 is 19.1 Å². The van der Waals surface area contributed by atoms with E-state index in [2.05, 4.69) is 20.6 Å². The van der Waals surface area contributed by atoms with Gasteiger partial charge in [-0.3, -0.25) is 19.7 Å². The molecule has 0 aliphatic carbocycles. The predicted octanol–water partition coefficient (Wildman–Crippen LogP) is 3.43. The van der Waals surface area contributed by atoms with E-state index in [0.29, 0.717) is 39.8 Å². The molecule has 3 amide bonds. The van der Waals surface area contributed by atoms with Gasteiger partial charge in [-0.15, -0.1) is 11.3 Å². The summed E-state index contributed by atoms with van der Waals surface area (Å²) in [4.78, 5) is 43.8. The van der Waals surface area contributed by atoms with Crippen LogP contribution in [0.5, 0.6) is 5.75 Å². The summed E-state index contributed by atoms with van der Waals surface area (Å²) in [7, 11) is 0. The van der Waals surface area contributed by atoms with Gasteiger partial charge in [-0.05, 0) is 35.9 Å². The first-order valence-corrected chi connectivity index (χ1v) is 11.3. The van der Waals surface area contributed by atoms with Gasteiger partial charge in [0.2, 0.25) is 0 Å². The molecular formula is C24H19N5O4S. The minimum Gasteiger partial charge on any atom is -0.480 e. The molecule has 5 rings (SSSR count). The van der Waals surface area contributed by atoms with Crippen LogP contribution in [-0.2, 0) is 11.2 Å². The van der Waals surface area contributed by atoms with Crippen LogP contribution in [0.25, 0.3) is 11.3 Å². The van der Waals surface area contributed by atoms with Gasteiger partial charge in [0.25, 0.3) is 17.7 Å². The average Bonchev–Trinajstić information content (AvgIpc) is 3.58. The fourth-order valence-electron chi connectivity index (χ4n) is 3.61. The maximum atomic E-state index is 12.7. The number of aromatic amines is 1. The number of nitrogens with zero attached hydrogens (tertiary/aromatic N) is 1. The molecule has 0 saturated heterocycles. The Morgan fingerprint density at radius 1 is 1.09 bits per heavy atom. The summed E-state index contributed by atoms with van der Waals surface area (Å²) in [6.07, 6.45) is 1.50. The van der Waals surface area contributed by atoms with E-state index >= 15 is 0 Å². The first-order chi connectivity index (χ1) is 16.5. The number of thiazole rings is 1. The van der Waals surface area contributed by atoms with Crippen LogP contribution in [0.3, 0.4) is 0 Å². The standard InChI is InChI=1S/C24H19N5O4S/c25-21(30)17-9-15(11-26-17)18-12-34-24(28-18)29-22(31)14-5-3-6-16(8-14)27-23(32)20-10-13-4-1-2-7-19(13)33-20/h1-9,11-12,20,26H,10H2,(H2,25,30)(H,27,32)(H,28,29,31). The van der Waals surface area contributed by atoms with Crippen molar-refractivity contribution in [2.45, 2.75) is 12.5 Å². The van der Waals surface area contributed by atoms with Gasteiger partial charge in [0.05, 0.1) is 5.69 Å². The maximum Gasteiger partial charge on any atom is 0.265 e. The number of amides is 3. The zero-order valence-corrected chi connectivity index (χ0v) is 18.5. The first kappa shape index (κ1) is 21.4. The number of rotatable bonds is 6. The van der Waals surface area contributed by atoms with Crippen molar-refractivity contribution in [1.82, 2.24) is 9.97 Å². The number of ether oxygens (including phenoxy) is 1. The molecular weight excluding hydrogens is 454 g/mol. The molecule has 0 spiro atoms. The van der Waals surface area contributed by atoms with Gasteiger partial charge in [0, 0.05) is 34.8 Å². The van der Waals surface area contributed by atoms with Crippen LogP contribution in [0, 0.1) is 0 Å². The number of aromatic nitrogens is 2. The minimum atomic E-state index is -0.618. The molecule has 3 heterocycles. The molecule has 2 aromatic heterocycles. The van der Waals surface area contributed by atoms with Crippen LogP contribution in [0.1, 0.15) is 26.4 Å². The Labute approximate surface area is 198 Å². The molecule has 1 atom stereocenters. The Kier molecular flexibility index (Phi) is 5.56. The van der Waals surface area contributed by atoms with Gasteiger partial charge >= 0.3 is 0 Å². The highest BCUT2D eigenvalue weighted by Gasteiger charge is 2.28. The Balaban J connectivity index is 1.23. The Bertz CT molecular complexity index is 1380. The summed E-state index contributed by atoms with van der Waals surface area (Å²) >= 11 is 1.25. The summed E-state index contributed by atoms with van der Waals surface area (Å²) < 4.78 is 5.72. The molecule has 0 radical (unpaired) electrons. The zero-order valence-electron chi connectivity index (χ0n) is 17.7. The minimum absolute atomic E-state index is 0.277. The second kappa shape index (κ2) is 8.83. The lowest BCUT2D eigenvalue weighted by molar-refractivity contribution is -0.122. The predicted molar refractivity (Wildman–Crippen MR) is 128 cm³/mol. The van der Waals surface area contributed by atoms with Gasteiger partial charge in [-0.1, -0.05) is 24.3 Å². The van der Waals surface area contributed by atoms with E-state index < -0.39 is 12.0 Å². The lowest BCUT2D eigenvalue weighted by Crippen LogP contribution is -2.31. The second-order valence-corrected chi connectivity index (χ2v) is 8.50. The summed E-state index contributed by atoms with van der Waals surface area (Å²) in [6.45, 7) is 0. The van der Waals surface area contributed by atoms with Crippen molar-refractivity contribution in [3.63, 3.8) is 0 Å². The van der Waals surface area contributed by atoms with Crippen molar-refractivity contribution in [1.29, 1.82) is 0 Å². The zero-order chi connectivity index (χ0) is 23.7. The largest absolute Gasteiger partial charge is 0.480 e. The smallest absolute Gasteiger partial charge is 0.265 e. The normalized spacial score (nSPS) is 14.2. The highest BCUT2D eigenvalue weighted by Crippen LogP contribution is 2.29. The number of para-hydroxylation sites is 1. The van der Waals surface area contributed by atoms with Gasteiger partial charge in [0.1, 0.15) is 11.4 Å². The van der Waals surface area contributed by atoms with Crippen molar-refractivity contribution in [3.05, 3.63) is 83.0 Å². The van der Waals surface area contributed by atoms with E-state index in [1.54, 1.807) is 41.9 Å². The number of hydrogen-bond donors (Lipinski definition) is 4. The van der Waals surface area contributed by atoms with Gasteiger partial charge < -0.3 is 20.8 Å². The third kappa shape index (κ3) is 4.39. The molecule has 2 aromatic carbocycles. The summed E-state index contributed by atoms with van der Waals surface area (Å²) in [5.74, 6) is -0.497. The maximum absolute atomic E-state index is 12.7. The number of nitrogens with one attached hydrogen (secondary N) is 3.